The van der Waals surface area contributed by atoms with Crippen molar-refractivity contribution in [3.63, 3.8) is 0 Å². The molecule has 0 bridgehead atoms. The number of ether oxygens (including phenoxy) is 2. The van der Waals surface area contributed by atoms with E-state index in [1.807, 2.05) is 32.9 Å². The molecule has 2 unspecified atom stereocenters. The van der Waals surface area contributed by atoms with Crippen molar-refractivity contribution in [3.8, 4) is 11.5 Å². The maximum Gasteiger partial charge on any atom is 0.239 e. The highest BCUT2D eigenvalue weighted by molar-refractivity contribution is 5.82. The monoisotopic (exact) mass is 292 g/mol. The van der Waals surface area contributed by atoms with E-state index in [0.717, 1.165) is 29.7 Å². The van der Waals surface area contributed by atoms with Gasteiger partial charge in [-0.05, 0) is 38.9 Å². The summed E-state index contributed by atoms with van der Waals surface area (Å²) in [6, 6.07) is 3.31. The molecular weight excluding hydrogens is 268 g/mol. The van der Waals surface area contributed by atoms with Crippen molar-refractivity contribution in [1.82, 2.24) is 5.32 Å². The van der Waals surface area contributed by atoms with Crippen LogP contribution in [0.4, 0.5) is 0 Å². The Labute approximate surface area is 125 Å². The van der Waals surface area contributed by atoms with Crippen molar-refractivity contribution in [2.45, 2.75) is 45.8 Å². The molecule has 21 heavy (non-hydrogen) atoms. The highest BCUT2D eigenvalue weighted by Gasteiger charge is 2.27. The minimum absolute atomic E-state index is 0.153. The lowest BCUT2D eigenvalue weighted by Gasteiger charge is -2.20. The summed E-state index contributed by atoms with van der Waals surface area (Å²) < 4.78 is 11.5. The van der Waals surface area contributed by atoms with Gasteiger partial charge in [-0.2, -0.15) is 0 Å². The van der Waals surface area contributed by atoms with E-state index in [-0.39, 0.29) is 6.10 Å². The lowest BCUT2D eigenvalue weighted by Crippen LogP contribution is -2.34. The quantitative estimate of drug-likeness (QED) is 0.805. The number of rotatable bonds is 7. The second-order valence-electron chi connectivity index (χ2n) is 5.35. The number of carbonyl (C=O) groups is 1. The van der Waals surface area contributed by atoms with Gasteiger partial charge >= 0.3 is 0 Å². The first kappa shape index (κ1) is 15.6. The van der Waals surface area contributed by atoms with E-state index >= 15 is 0 Å². The van der Waals surface area contributed by atoms with Crippen LogP contribution in [0.1, 0.15) is 44.4 Å². The number of fused-ring (bicyclic) bond motifs is 1. The molecule has 0 radical (unpaired) electrons. The van der Waals surface area contributed by atoms with Crippen LogP contribution >= 0.6 is 0 Å². The molecular formula is C16H24N2O3. The fraction of sp³-hybridized carbons (Fsp3) is 0.562. The highest BCUT2D eigenvalue weighted by atomic mass is 16.5. The van der Waals surface area contributed by atoms with Crippen molar-refractivity contribution < 1.29 is 14.3 Å². The first-order valence-electron chi connectivity index (χ1n) is 7.55. The van der Waals surface area contributed by atoms with Crippen LogP contribution in [-0.4, -0.2) is 25.2 Å². The van der Waals surface area contributed by atoms with Gasteiger partial charge in [0.2, 0.25) is 5.91 Å². The summed E-state index contributed by atoms with van der Waals surface area (Å²) in [5.41, 5.74) is 7.42. The van der Waals surface area contributed by atoms with E-state index < -0.39 is 11.9 Å². The molecule has 2 atom stereocenters. The van der Waals surface area contributed by atoms with Gasteiger partial charge in [-0.25, -0.2) is 0 Å². The van der Waals surface area contributed by atoms with E-state index in [4.69, 9.17) is 15.2 Å². The third-order valence-corrected chi connectivity index (χ3v) is 3.52. The molecule has 1 heterocycles. The average molecular weight is 292 g/mol. The largest absolute Gasteiger partial charge is 0.494 e. The third kappa shape index (κ3) is 3.47. The molecule has 0 fully saturated rings. The number of carbonyl (C=O) groups excluding carboxylic acids is 1. The Morgan fingerprint density at radius 1 is 1.52 bits per heavy atom. The molecule has 5 heteroatoms. The van der Waals surface area contributed by atoms with Gasteiger partial charge in [0, 0.05) is 17.5 Å². The van der Waals surface area contributed by atoms with Crippen LogP contribution in [0.2, 0.25) is 0 Å². The van der Waals surface area contributed by atoms with E-state index in [2.05, 4.69) is 5.32 Å². The van der Waals surface area contributed by atoms with Gasteiger partial charge in [0.1, 0.15) is 23.6 Å². The Morgan fingerprint density at radius 3 is 2.90 bits per heavy atom. The molecule has 1 amide bonds. The summed E-state index contributed by atoms with van der Waals surface area (Å²) >= 11 is 0. The van der Waals surface area contributed by atoms with Gasteiger partial charge in [0.05, 0.1) is 6.61 Å². The van der Waals surface area contributed by atoms with Crippen LogP contribution in [0.3, 0.4) is 0 Å². The fourth-order valence-corrected chi connectivity index (χ4v) is 2.61. The molecule has 3 N–H and O–H groups in total. The number of hydrogen-bond acceptors (Lipinski definition) is 4. The van der Waals surface area contributed by atoms with Crippen LogP contribution in [0, 0.1) is 0 Å². The second-order valence-corrected chi connectivity index (χ2v) is 5.35. The van der Waals surface area contributed by atoms with Crippen molar-refractivity contribution in [2.75, 3.05) is 13.2 Å². The normalized spacial score (nSPS) is 18.0. The smallest absolute Gasteiger partial charge is 0.239 e. The Balaban J connectivity index is 2.39. The van der Waals surface area contributed by atoms with Crippen molar-refractivity contribution >= 4 is 5.91 Å². The van der Waals surface area contributed by atoms with Crippen molar-refractivity contribution in [2.24, 2.45) is 5.73 Å². The maximum absolute atomic E-state index is 11.8. The summed E-state index contributed by atoms with van der Waals surface area (Å²) in [5.74, 6) is 1.13. The molecule has 5 nitrogen and oxygen atoms in total. The first-order chi connectivity index (χ1) is 10.1. The summed E-state index contributed by atoms with van der Waals surface area (Å²) in [6.07, 6.45) is 1.94. The van der Waals surface area contributed by atoms with Gasteiger partial charge in [-0.1, -0.05) is 6.92 Å². The second kappa shape index (κ2) is 6.80. The number of hydrogen-bond donors (Lipinski definition) is 2. The zero-order chi connectivity index (χ0) is 15.4. The number of benzene rings is 1. The molecule has 1 aromatic rings. The average Bonchev–Trinajstić information content (AvgIpc) is 2.78. The number of nitrogens with one attached hydrogen (secondary N) is 1. The van der Waals surface area contributed by atoms with Crippen molar-refractivity contribution in [1.29, 1.82) is 0 Å². The number of primary amides is 1. The van der Waals surface area contributed by atoms with E-state index in [9.17, 15) is 4.79 Å². The minimum atomic E-state index is -0.559. The molecule has 2 rings (SSSR count). The Kier molecular flexibility index (Phi) is 5.07. The predicted molar refractivity (Wildman–Crippen MR) is 81.6 cm³/mol. The number of amides is 1. The van der Waals surface area contributed by atoms with Crippen molar-refractivity contribution in [3.05, 3.63) is 23.3 Å². The van der Waals surface area contributed by atoms with Gasteiger partial charge in [0.15, 0.2) is 0 Å². The predicted octanol–water partition coefficient (Wildman–Crippen LogP) is 1.93. The molecule has 0 aliphatic carbocycles. The fourth-order valence-electron chi connectivity index (χ4n) is 2.61. The summed E-state index contributed by atoms with van der Waals surface area (Å²) in [7, 11) is 0. The molecule has 1 aromatic carbocycles. The van der Waals surface area contributed by atoms with Gasteiger partial charge in [-0.15, -0.1) is 0 Å². The molecule has 1 aliphatic rings. The Morgan fingerprint density at radius 2 is 2.29 bits per heavy atom. The molecule has 116 valence electrons. The third-order valence-electron chi connectivity index (χ3n) is 3.52. The van der Waals surface area contributed by atoms with Gasteiger partial charge in [-0.3, -0.25) is 4.79 Å². The van der Waals surface area contributed by atoms with Gasteiger partial charge < -0.3 is 20.5 Å². The Hall–Kier alpha value is -1.75. The molecule has 0 saturated carbocycles. The molecule has 0 spiro atoms. The standard InChI is InChI=1S/C16H24N2O3/c1-4-6-18-15(16(17)19)12-9-13-11(7-10(3)21-13)8-14(12)20-5-2/h8-10,15,18H,4-7H2,1-3H3,(H2,17,19). The SMILES string of the molecule is CCCNC(C(N)=O)c1cc2c(cc1OCC)CC(C)O2. The van der Waals surface area contributed by atoms with Crippen LogP contribution in [0.5, 0.6) is 11.5 Å². The molecule has 1 aliphatic heterocycles. The van der Waals surface area contributed by atoms with E-state index in [1.165, 1.54) is 0 Å². The number of nitrogens with two attached hydrogens (primary N) is 1. The summed E-state index contributed by atoms with van der Waals surface area (Å²) in [5, 5.41) is 3.18. The van der Waals surface area contributed by atoms with Crippen LogP contribution in [0.25, 0.3) is 0 Å². The lowest BCUT2D eigenvalue weighted by molar-refractivity contribution is -0.120. The van der Waals surface area contributed by atoms with Gasteiger partial charge in [0.25, 0.3) is 0 Å². The zero-order valence-electron chi connectivity index (χ0n) is 12.9. The summed E-state index contributed by atoms with van der Waals surface area (Å²) in [6.45, 7) is 7.26. The highest BCUT2D eigenvalue weighted by Crippen LogP contribution is 2.37. The van der Waals surface area contributed by atoms with Crippen LogP contribution < -0.4 is 20.5 Å². The van der Waals surface area contributed by atoms with E-state index in [1.54, 1.807) is 0 Å². The van der Waals surface area contributed by atoms with Crippen LogP contribution in [-0.2, 0) is 11.2 Å². The Bertz CT molecular complexity index is 516. The maximum atomic E-state index is 11.8. The van der Waals surface area contributed by atoms with E-state index in [0.29, 0.717) is 18.9 Å². The molecule has 0 aromatic heterocycles. The molecule has 0 saturated heterocycles. The van der Waals surface area contributed by atoms with Crippen LogP contribution in [0.15, 0.2) is 12.1 Å². The summed E-state index contributed by atoms with van der Waals surface area (Å²) in [4.78, 5) is 11.8. The minimum Gasteiger partial charge on any atom is -0.494 e. The topological polar surface area (TPSA) is 73.6 Å². The zero-order valence-corrected chi connectivity index (χ0v) is 12.9. The first-order valence-corrected chi connectivity index (χ1v) is 7.55. The lowest BCUT2D eigenvalue weighted by atomic mass is 10.0.